The highest BCUT2D eigenvalue weighted by Gasteiger charge is 2.43. The van der Waals surface area contributed by atoms with E-state index >= 15 is 0 Å². The van der Waals surface area contributed by atoms with Gasteiger partial charge in [0, 0.05) is 72.8 Å². The Morgan fingerprint density at radius 1 is 0.800 bits per heavy atom. The molecule has 4 fully saturated rings. The Kier molecular flexibility index (Phi) is 15.7. The van der Waals surface area contributed by atoms with Crippen molar-refractivity contribution in [3.05, 3.63) is 59.9 Å². The van der Waals surface area contributed by atoms with Crippen molar-refractivity contribution < 1.29 is 22.4 Å². The van der Waals surface area contributed by atoms with E-state index in [4.69, 9.17) is 5.73 Å². The van der Waals surface area contributed by atoms with Crippen LogP contribution >= 0.6 is 23.5 Å². The number of anilines is 1. The zero-order chi connectivity index (χ0) is 41.9. The van der Waals surface area contributed by atoms with E-state index in [1.165, 1.54) is 6.07 Å². The number of nitrogens with zero attached hydrogens (tertiary/aromatic N) is 7. The molecule has 4 aliphatic heterocycles. The van der Waals surface area contributed by atoms with Gasteiger partial charge in [-0.05, 0) is 75.6 Å². The van der Waals surface area contributed by atoms with Crippen LogP contribution in [0.1, 0.15) is 75.6 Å². The summed E-state index contributed by atoms with van der Waals surface area (Å²) < 4.78 is 44.3. The predicted octanol–water partition coefficient (Wildman–Crippen LogP) is 3.98. The fraction of sp³-hybridized carbons (Fsp3) is 0.650. The highest BCUT2D eigenvalue weighted by molar-refractivity contribution is 8.00. The van der Waals surface area contributed by atoms with Crippen molar-refractivity contribution in [2.45, 2.75) is 130 Å². The van der Waals surface area contributed by atoms with E-state index < -0.39 is 21.4 Å². The van der Waals surface area contributed by atoms with Gasteiger partial charge in [0.05, 0.1) is 40.5 Å². The van der Waals surface area contributed by atoms with Gasteiger partial charge in [-0.3, -0.25) is 9.36 Å². The SMILES string of the molecule is NC/C=C(\F)CS(=O)(=O)c1cccc(N(CCCc2cn(CCCCC[C@@H]3SC[C@@H]4NC(=O)N[C@@H]43)nn2)CCCc2cn(CCCCC[C@@H]3SC[C@@H]4NC(=O)N[C@@H]43)nn2)c1. The van der Waals surface area contributed by atoms with E-state index in [-0.39, 0.29) is 47.7 Å². The molecule has 7 rings (SSSR count). The number of amides is 4. The second-order valence-corrected chi connectivity index (χ2v) is 20.8. The molecular formula is C40H59FN12O4S3. The molecule has 4 saturated heterocycles. The molecule has 3 aromatic rings. The largest absolute Gasteiger partial charge is 0.371 e. The lowest BCUT2D eigenvalue weighted by Crippen LogP contribution is -2.36. The lowest BCUT2D eigenvalue weighted by atomic mass is 10.0. The number of aryl methyl sites for hydroxylation is 4. The number of hydrogen-bond acceptors (Lipinski definition) is 12. The summed E-state index contributed by atoms with van der Waals surface area (Å²) in [6.45, 7) is 2.85. The van der Waals surface area contributed by atoms with Crippen molar-refractivity contribution in [3.63, 3.8) is 0 Å². The van der Waals surface area contributed by atoms with Crippen LogP contribution < -0.4 is 31.9 Å². The first-order valence-corrected chi connectivity index (χ1v) is 25.2. The van der Waals surface area contributed by atoms with Gasteiger partial charge in [0.25, 0.3) is 0 Å². The number of fused-ring (bicyclic) bond motifs is 2. The number of urea groups is 2. The number of hydrogen-bond donors (Lipinski definition) is 5. The highest BCUT2D eigenvalue weighted by Crippen LogP contribution is 2.34. The number of unbranched alkanes of at least 4 members (excludes halogenated alkanes) is 4. The molecule has 328 valence electrons. The molecule has 4 aliphatic rings. The molecule has 2 aromatic heterocycles. The van der Waals surface area contributed by atoms with Crippen molar-refractivity contribution in [1.82, 2.24) is 51.3 Å². The third kappa shape index (κ3) is 12.1. The number of nitrogens with one attached hydrogen (secondary N) is 4. The molecule has 0 unspecified atom stereocenters. The van der Waals surface area contributed by atoms with Gasteiger partial charge in [-0.25, -0.2) is 22.4 Å². The van der Waals surface area contributed by atoms with Crippen LogP contribution in [-0.4, -0.2) is 122 Å². The maximum atomic E-state index is 14.3. The molecule has 6 N–H and O–H groups in total. The average Bonchev–Trinajstić information content (AvgIpc) is 4.09. The van der Waals surface area contributed by atoms with Gasteiger partial charge < -0.3 is 31.9 Å². The maximum Gasteiger partial charge on any atom is 0.315 e. The lowest BCUT2D eigenvalue weighted by Gasteiger charge is -2.25. The topological polar surface area (TPSA) is 207 Å². The Bertz CT molecular complexity index is 1940. The van der Waals surface area contributed by atoms with Crippen LogP contribution in [0.15, 0.2) is 53.5 Å². The van der Waals surface area contributed by atoms with Gasteiger partial charge in [0.15, 0.2) is 9.84 Å². The highest BCUT2D eigenvalue weighted by atomic mass is 32.2. The summed E-state index contributed by atoms with van der Waals surface area (Å²) >= 11 is 3.90. The van der Waals surface area contributed by atoms with Crippen molar-refractivity contribution >= 4 is 51.1 Å². The van der Waals surface area contributed by atoms with Gasteiger partial charge in [0.2, 0.25) is 0 Å². The van der Waals surface area contributed by atoms with Gasteiger partial charge in [0.1, 0.15) is 11.6 Å². The van der Waals surface area contributed by atoms with Crippen LogP contribution in [-0.2, 0) is 35.8 Å². The third-order valence-corrected chi connectivity index (χ3v) is 16.4. The standard InChI is InChI=1S/C40H59FN12O4S3/c41-28(16-17-42)27-60(56,57)32-13-7-12-31(22-32)51(18-8-10-29-23-52(49-47-29)20-5-1-3-14-35-37-33(25-58-35)43-39(54)45-37)19-9-11-30-24-53(50-48-30)21-6-2-4-15-36-38-34(26-59-36)44-40(55)46-38/h7,12-13,16,22-24,33-38H,1-6,8-11,14-15,17-21,25-27,42H2,(H2,43,45,54)(H2,44,46,55)/b28-16-/t33-,34-,35-,36-,37-,38-/m0/s1. The third-order valence-electron chi connectivity index (χ3n) is 11.7. The summed E-state index contributed by atoms with van der Waals surface area (Å²) in [4.78, 5) is 25.6. The number of nitrogens with two attached hydrogens (primary N) is 1. The molecule has 0 aliphatic carbocycles. The van der Waals surface area contributed by atoms with Crippen LogP contribution in [0.25, 0.3) is 0 Å². The second kappa shape index (κ2) is 21.3. The second-order valence-electron chi connectivity index (χ2n) is 16.2. The monoisotopic (exact) mass is 886 g/mol. The Balaban J connectivity index is 0.865. The van der Waals surface area contributed by atoms with Crippen LogP contribution in [0, 0.1) is 0 Å². The molecule has 4 amide bonds. The molecule has 1 aromatic carbocycles. The Labute approximate surface area is 360 Å². The van der Waals surface area contributed by atoms with E-state index in [0.717, 1.165) is 112 Å². The fourth-order valence-electron chi connectivity index (χ4n) is 8.60. The molecule has 0 saturated carbocycles. The van der Waals surface area contributed by atoms with Gasteiger partial charge in [-0.15, -0.1) is 10.2 Å². The molecule has 6 heterocycles. The van der Waals surface area contributed by atoms with Crippen molar-refractivity contribution in [1.29, 1.82) is 0 Å². The van der Waals surface area contributed by atoms with Crippen LogP contribution in [0.5, 0.6) is 0 Å². The number of thioether (sulfide) groups is 2. The van der Waals surface area contributed by atoms with Crippen LogP contribution in [0.2, 0.25) is 0 Å². The van der Waals surface area contributed by atoms with E-state index in [9.17, 15) is 22.4 Å². The Morgan fingerprint density at radius 2 is 1.35 bits per heavy atom. The summed E-state index contributed by atoms with van der Waals surface area (Å²) in [7, 11) is -3.91. The molecule has 0 spiro atoms. The maximum absolute atomic E-state index is 14.3. The zero-order valence-corrected chi connectivity index (χ0v) is 36.5. The normalized spacial score (nSPS) is 23.6. The Morgan fingerprint density at radius 3 is 1.88 bits per heavy atom. The molecule has 20 heteroatoms. The summed E-state index contributed by atoms with van der Waals surface area (Å²) in [5.74, 6) is 0.465. The van der Waals surface area contributed by atoms with E-state index in [1.807, 2.05) is 51.3 Å². The first-order chi connectivity index (χ1) is 29.1. The van der Waals surface area contributed by atoms with E-state index in [1.54, 1.807) is 12.1 Å². The summed E-state index contributed by atoms with van der Waals surface area (Å²) in [5, 5.41) is 30.7. The van der Waals surface area contributed by atoms with Crippen LogP contribution in [0.4, 0.5) is 19.7 Å². The molecule has 6 atom stereocenters. The predicted molar refractivity (Wildman–Crippen MR) is 234 cm³/mol. The number of carbonyl (C=O) groups is 2. The minimum Gasteiger partial charge on any atom is -0.371 e. The van der Waals surface area contributed by atoms with Crippen LogP contribution in [0.3, 0.4) is 0 Å². The van der Waals surface area contributed by atoms with Crippen molar-refractivity contribution in [2.75, 3.05) is 41.8 Å². The van der Waals surface area contributed by atoms with Crippen molar-refractivity contribution in [3.8, 4) is 0 Å². The minimum atomic E-state index is -3.91. The van der Waals surface area contributed by atoms with E-state index in [2.05, 4.69) is 46.8 Å². The molecule has 0 radical (unpaired) electrons. The van der Waals surface area contributed by atoms with Gasteiger partial charge >= 0.3 is 12.1 Å². The molecule has 0 bridgehead atoms. The molecular weight excluding hydrogens is 828 g/mol. The number of sulfone groups is 1. The molecule has 60 heavy (non-hydrogen) atoms. The smallest absolute Gasteiger partial charge is 0.315 e. The first-order valence-electron chi connectivity index (χ1n) is 21.4. The number of rotatable bonds is 25. The molecule has 16 nitrogen and oxygen atoms in total. The first kappa shape index (κ1) is 44.2. The average molecular weight is 887 g/mol. The summed E-state index contributed by atoms with van der Waals surface area (Å²) in [6, 6.07) is 7.66. The number of aromatic nitrogens is 6. The van der Waals surface area contributed by atoms with Gasteiger partial charge in [-0.2, -0.15) is 23.5 Å². The zero-order valence-electron chi connectivity index (χ0n) is 34.1. The number of benzene rings is 1. The quantitative estimate of drug-likeness (QED) is 0.0606. The lowest BCUT2D eigenvalue weighted by molar-refractivity contribution is 0.246. The van der Waals surface area contributed by atoms with Crippen molar-refractivity contribution in [2.24, 2.45) is 5.73 Å². The van der Waals surface area contributed by atoms with Gasteiger partial charge in [-0.1, -0.05) is 42.2 Å². The summed E-state index contributed by atoms with van der Waals surface area (Å²) in [6.07, 6.45) is 16.7. The van der Waals surface area contributed by atoms with E-state index in [0.29, 0.717) is 36.4 Å². The number of carbonyl (C=O) groups excluding carboxylic acids is 2. The summed E-state index contributed by atoms with van der Waals surface area (Å²) in [5.41, 5.74) is 7.98. The fourth-order valence-corrected chi connectivity index (χ4v) is 12.9. The number of halogens is 1. The minimum absolute atomic E-state index is 0.0423. The Hall–Kier alpha value is -3.88.